The zero-order valence-electron chi connectivity index (χ0n) is 14.4. The molecule has 1 saturated heterocycles. The van der Waals surface area contributed by atoms with Gasteiger partial charge in [-0.15, -0.1) is 11.8 Å². The lowest BCUT2D eigenvalue weighted by Crippen LogP contribution is -3.14. The Morgan fingerprint density at radius 1 is 1.33 bits per heavy atom. The SMILES string of the molecule is CC[NH+]1CCN(C(=O)[C@@H](C)Nc2ccccc2SCC(N)=O)CC1. The maximum Gasteiger partial charge on any atom is 0.245 e. The van der Waals surface area contributed by atoms with E-state index in [0.717, 1.165) is 43.3 Å². The second-order valence-electron chi connectivity index (χ2n) is 6.05. The topological polar surface area (TPSA) is 79.9 Å². The minimum absolute atomic E-state index is 0.125. The molecule has 7 heteroatoms. The van der Waals surface area contributed by atoms with Gasteiger partial charge in [0.25, 0.3) is 0 Å². The highest BCUT2D eigenvalue weighted by atomic mass is 32.2. The van der Waals surface area contributed by atoms with Gasteiger partial charge in [0, 0.05) is 10.6 Å². The normalized spacial score (nSPS) is 16.7. The number of quaternary nitrogens is 1. The lowest BCUT2D eigenvalue weighted by atomic mass is 10.2. The lowest BCUT2D eigenvalue weighted by Gasteiger charge is -2.33. The molecule has 6 nitrogen and oxygen atoms in total. The van der Waals surface area contributed by atoms with Crippen molar-refractivity contribution in [3.05, 3.63) is 24.3 Å². The molecule has 0 aromatic heterocycles. The number of nitrogens with zero attached hydrogens (tertiary/aromatic N) is 1. The van der Waals surface area contributed by atoms with Gasteiger partial charge in [-0.3, -0.25) is 9.59 Å². The van der Waals surface area contributed by atoms with Crippen LogP contribution in [0.2, 0.25) is 0 Å². The summed E-state index contributed by atoms with van der Waals surface area (Å²) in [6.45, 7) is 8.83. The van der Waals surface area contributed by atoms with Crippen molar-refractivity contribution in [2.75, 3.05) is 43.8 Å². The highest BCUT2D eigenvalue weighted by Crippen LogP contribution is 2.27. The first kappa shape index (κ1) is 18.6. The Balaban J connectivity index is 1.95. The predicted molar refractivity (Wildman–Crippen MR) is 97.3 cm³/mol. The molecule has 24 heavy (non-hydrogen) atoms. The molecule has 0 radical (unpaired) electrons. The number of likely N-dealkylation sites (N-methyl/N-ethyl adjacent to an activating group) is 1. The first-order chi connectivity index (χ1) is 11.5. The molecule has 0 saturated carbocycles. The van der Waals surface area contributed by atoms with Crippen LogP contribution in [0.4, 0.5) is 5.69 Å². The van der Waals surface area contributed by atoms with Gasteiger partial charge in [0.1, 0.15) is 6.04 Å². The van der Waals surface area contributed by atoms with Crippen LogP contribution in [0.5, 0.6) is 0 Å². The molecule has 0 unspecified atom stereocenters. The van der Waals surface area contributed by atoms with E-state index < -0.39 is 0 Å². The Labute approximate surface area is 147 Å². The van der Waals surface area contributed by atoms with Crippen LogP contribution < -0.4 is 16.0 Å². The zero-order valence-corrected chi connectivity index (χ0v) is 15.2. The summed E-state index contributed by atoms with van der Waals surface area (Å²) >= 11 is 1.38. The fourth-order valence-corrected chi connectivity index (χ4v) is 3.58. The zero-order chi connectivity index (χ0) is 17.5. The molecule has 1 aromatic carbocycles. The maximum atomic E-state index is 12.6. The molecular weight excluding hydrogens is 324 g/mol. The van der Waals surface area contributed by atoms with Crippen LogP contribution in [-0.4, -0.2) is 61.2 Å². The van der Waals surface area contributed by atoms with Crippen molar-refractivity contribution < 1.29 is 14.5 Å². The van der Waals surface area contributed by atoms with Gasteiger partial charge >= 0.3 is 0 Å². The summed E-state index contributed by atoms with van der Waals surface area (Å²) in [5, 5.41) is 3.29. The smallest absolute Gasteiger partial charge is 0.245 e. The summed E-state index contributed by atoms with van der Waals surface area (Å²) in [6, 6.07) is 7.37. The highest BCUT2D eigenvalue weighted by Gasteiger charge is 2.26. The lowest BCUT2D eigenvalue weighted by molar-refractivity contribution is -0.902. The van der Waals surface area contributed by atoms with E-state index in [4.69, 9.17) is 5.73 Å². The predicted octanol–water partition coefficient (Wildman–Crippen LogP) is -0.189. The minimum Gasteiger partial charge on any atom is -0.373 e. The van der Waals surface area contributed by atoms with Crippen LogP contribution in [-0.2, 0) is 9.59 Å². The number of nitrogens with one attached hydrogen (secondary N) is 2. The Morgan fingerprint density at radius 3 is 2.62 bits per heavy atom. The molecule has 1 heterocycles. The standard InChI is InChI=1S/C17H26N4O2S/c1-3-20-8-10-21(11-9-20)17(23)13(2)19-14-6-4-5-7-15(14)24-12-16(18)22/h4-7,13,19H,3,8-12H2,1-2H3,(H2,18,22)/p+1/t13-/m1/s1. The van der Waals surface area contributed by atoms with Crippen LogP contribution in [0.25, 0.3) is 0 Å². The number of rotatable bonds is 7. The molecule has 1 aliphatic heterocycles. The van der Waals surface area contributed by atoms with E-state index >= 15 is 0 Å². The van der Waals surface area contributed by atoms with Crippen molar-refractivity contribution in [2.45, 2.75) is 24.8 Å². The molecule has 0 aliphatic carbocycles. The van der Waals surface area contributed by atoms with E-state index in [0.29, 0.717) is 0 Å². The molecular formula is C17H27N4O2S+. The average molecular weight is 351 g/mol. The second-order valence-corrected chi connectivity index (χ2v) is 7.06. The Hall–Kier alpha value is -1.73. The van der Waals surface area contributed by atoms with Gasteiger partial charge in [-0.25, -0.2) is 0 Å². The fourth-order valence-electron chi connectivity index (χ4n) is 2.83. The Bertz CT molecular complexity index is 573. The summed E-state index contributed by atoms with van der Waals surface area (Å²) in [5.41, 5.74) is 6.08. The van der Waals surface area contributed by atoms with E-state index in [1.165, 1.54) is 11.8 Å². The summed E-state index contributed by atoms with van der Waals surface area (Å²) < 4.78 is 0. The third-order valence-corrected chi connectivity index (χ3v) is 5.38. The molecule has 0 bridgehead atoms. The monoisotopic (exact) mass is 351 g/mol. The van der Waals surface area contributed by atoms with Crippen LogP contribution in [0.1, 0.15) is 13.8 Å². The van der Waals surface area contributed by atoms with Crippen molar-refractivity contribution in [2.24, 2.45) is 5.73 Å². The van der Waals surface area contributed by atoms with Crippen LogP contribution in [0.3, 0.4) is 0 Å². The van der Waals surface area contributed by atoms with Gasteiger partial charge in [-0.2, -0.15) is 0 Å². The number of benzene rings is 1. The Morgan fingerprint density at radius 2 is 2.00 bits per heavy atom. The molecule has 1 aliphatic rings. The maximum absolute atomic E-state index is 12.6. The van der Waals surface area contributed by atoms with Gasteiger partial charge in [0.2, 0.25) is 11.8 Å². The molecule has 1 atom stereocenters. The van der Waals surface area contributed by atoms with E-state index in [1.807, 2.05) is 36.1 Å². The molecule has 1 aromatic rings. The number of thioether (sulfide) groups is 1. The van der Waals surface area contributed by atoms with E-state index in [-0.39, 0.29) is 23.6 Å². The van der Waals surface area contributed by atoms with E-state index in [1.54, 1.807) is 4.90 Å². The van der Waals surface area contributed by atoms with E-state index in [9.17, 15) is 9.59 Å². The van der Waals surface area contributed by atoms with Gasteiger partial charge in [0.15, 0.2) is 0 Å². The molecule has 0 spiro atoms. The number of para-hydroxylation sites is 1. The molecule has 2 amide bonds. The van der Waals surface area contributed by atoms with Gasteiger partial charge in [-0.1, -0.05) is 12.1 Å². The number of primary amides is 1. The Kier molecular flexibility index (Phi) is 6.93. The number of nitrogens with two attached hydrogens (primary N) is 1. The van der Waals surface area contributed by atoms with Crippen molar-refractivity contribution in [3.63, 3.8) is 0 Å². The number of piperazine rings is 1. The van der Waals surface area contributed by atoms with Gasteiger partial charge in [0.05, 0.1) is 38.5 Å². The molecule has 132 valence electrons. The largest absolute Gasteiger partial charge is 0.373 e. The number of hydrogen-bond donors (Lipinski definition) is 3. The van der Waals surface area contributed by atoms with Gasteiger partial charge in [-0.05, 0) is 26.0 Å². The first-order valence-electron chi connectivity index (χ1n) is 8.40. The van der Waals surface area contributed by atoms with Crippen LogP contribution in [0, 0.1) is 0 Å². The third kappa shape index (κ3) is 5.14. The number of carbonyl (C=O) groups excluding carboxylic acids is 2. The van der Waals surface area contributed by atoms with Crippen molar-refractivity contribution in [1.82, 2.24) is 4.90 Å². The number of anilines is 1. The van der Waals surface area contributed by atoms with E-state index in [2.05, 4.69) is 12.2 Å². The minimum atomic E-state index is -0.352. The van der Waals surface area contributed by atoms with Crippen LogP contribution in [0.15, 0.2) is 29.2 Å². The van der Waals surface area contributed by atoms with Crippen LogP contribution >= 0.6 is 11.8 Å². The number of amides is 2. The molecule has 1 fully saturated rings. The first-order valence-corrected chi connectivity index (χ1v) is 9.38. The summed E-state index contributed by atoms with van der Waals surface area (Å²) in [7, 11) is 0. The number of carbonyl (C=O) groups is 2. The summed E-state index contributed by atoms with van der Waals surface area (Å²) in [5.74, 6) is -0.00180. The van der Waals surface area contributed by atoms with Crippen molar-refractivity contribution in [3.8, 4) is 0 Å². The van der Waals surface area contributed by atoms with Crippen molar-refractivity contribution in [1.29, 1.82) is 0 Å². The van der Waals surface area contributed by atoms with Gasteiger partial charge < -0.3 is 20.9 Å². The highest BCUT2D eigenvalue weighted by molar-refractivity contribution is 8.00. The molecule has 4 N–H and O–H groups in total. The quantitative estimate of drug-likeness (QED) is 0.595. The number of hydrogen-bond acceptors (Lipinski definition) is 4. The summed E-state index contributed by atoms with van der Waals surface area (Å²) in [4.78, 5) is 28.1. The second kappa shape index (κ2) is 8.94. The third-order valence-electron chi connectivity index (χ3n) is 4.28. The van der Waals surface area contributed by atoms with Crippen molar-refractivity contribution >= 4 is 29.3 Å². The fraction of sp³-hybridized carbons (Fsp3) is 0.529. The average Bonchev–Trinajstić information content (AvgIpc) is 2.60. The molecule has 2 rings (SSSR count). The summed E-state index contributed by atoms with van der Waals surface area (Å²) in [6.07, 6.45) is 0.